The second-order valence-electron chi connectivity index (χ2n) is 6.95. The first-order valence-corrected chi connectivity index (χ1v) is 10.8. The summed E-state index contributed by atoms with van der Waals surface area (Å²) in [5.74, 6) is -0.356. The van der Waals surface area contributed by atoms with Crippen molar-refractivity contribution >= 4 is 24.3 Å². The van der Waals surface area contributed by atoms with Gasteiger partial charge in [-0.1, -0.05) is 45.4 Å². The summed E-state index contributed by atoms with van der Waals surface area (Å²) in [7, 11) is 0. The SMILES string of the molecule is CCCCCC(O)CCNC(CCCCCCC(=O)OCC)C(=O)OCC.Cl. The first-order valence-electron chi connectivity index (χ1n) is 10.8. The number of carbonyl (C=O) groups excluding carboxylic acids is 2. The highest BCUT2D eigenvalue weighted by molar-refractivity contribution is 5.85. The quantitative estimate of drug-likeness (QED) is 0.254. The topological polar surface area (TPSA) is 84.9 Å². The summed E-state index contributed by atoms with van der Waals surface area (Å²) in [6.07, 6.45) is 9.31. The number of esters is 2. The van der Waals surface area contributed by atoms with Gasteiger partial charge in [0.2, 0.25) is 0 Å². The zero-order valence-electron chi connectivity index (χ0n) is 18.0. The maximum absolute atomic E-state index is 12.1. The highest BCUT2D eigenvalue weighted by Gasteiger charge is 2.19. The molecule has 2 atom stereocenters. The van der Waals surface area contributed by atoms with Crippen LogP contribution in [0.25, 0.3) is 0 Å². The van der Waals surface area contributed by atoms with Crippen molar-refractivity contribution < 1.29 is 24.2 Å². The van der Waals surface area contributed by atoms with E-state index < -0.39 is 0 Å². The van der Waals surface area contributed by atoms with Crippen molar-refractivity contribution in [2.75, 3.05) is 19.8 Å². The first-order chi connectivity index (χ1) is 13.0. The van der Waals surface area contributed by atoms with Gasteiger partial charge in [-0.15, -0.1) is 12.4 Å². The summed E-state index contributed by atoms with van der Waals surface area (Å²) in [5, 5.41) is 13.2. The first kappa shape index (κ1) is 29.4. The summed E-state index contributed by atoms with van der Waals surface area (Å²) < 4.78 is 10.1. The third-order valence-corrected chi connectivity index (χ3v) is 4.51. The average molecular weight is 424 g/mol. The van der Waals surface area contributed by atoms with Gasteiger partial charge in [-0.05, 0) is 46.1 Å². The molecule has 0 saturated carbocycles. The van der Waals surface area contributed by atoms with E-state index in [0.29, 0.717) is 39.0 Å². The molecule has 0 heterocycles. The van der Waals surface area contributed by atoms with Gasteiger partial charge >= 0.3 is 11.9 Å². The molecule has 0 aromatic heterocycles. The van der Waals surface area contributed by atoms with Crippen LogP contribution >= 0.6 is 12.4 Å². The second-order valence-corrected chi connectivity index (χ2v) is 6.95. The Morgan fingerprint density at radius 2 is 1.50 bits per heavy atom. The molecule has 0 amide bonds. The summed E-state index contributed by atoms with van der Waals surface area (Å²) in [6, 6.07) is -0.321. The molecule has 28 heavy (non-hydrogen) atoms. The van der Waals surface area contributed by atoms with Crippen LogP contribution in [0.1, 0.15) is 91.4 Å². The Labute approximate surface area is 177 Å². The fourth-order valence-electron chi connectivity index (χ4n) is 2.95. The number of unbranched alkanes of at least 4 members (excludes halogenated alkanes) is 5. The number of aliphatic hydroxyl groups is 1. The predicted molar refractivity (Wildman–Crippen MR) is 115 cm³/mol. The molecular weight excluding hydrogens is 382 g/mol. The van der Waals surface area contributed by atoms with Gasteiger partial charge < -0.3 is 19.9 Å². The molecule has 2 N–H and O–H groups in total. The minimum atomic E-state index is -0.321. The van der Waals surface area contributed by atoms with Gasteiger partial charge in [0.25, 0.3) is 0 Å². The Balaban J connectivity index is 0. The lowest BCUT2D eigenvalue weighted by Gasteiger charge is -2.18. The summed E-state index contributed by atoms with van der Waals surface area (Å²) in [6.45, 7) is 7.18. The van der Waals surface area contributed by atoms with E-state index >= 15 is 0 Å². The Kier molecular flexibility index (Phi) is 21.9. The van der Waals surface area contributed by atoms with E-state index in [9.17, 15) is 14.7 Å². The molecule has 0 radical (unpaired) electrons. The van der Waals surface area contributed by atoms with Gasteiger partial charge in [0.1, 0.15) is 6.04 Å². The largest absolute Gasteiger partial charge is 0.466 e. The second kappa shape index (κ2) is 20.9. The van der Waals surface area contributed by atoms with Crippen molar-refractivity contribution in [1.29, 1.82) is 0 Å². The third-order valence-electron chi connectivity index (χ3n) is 4.51. The molecule has 0 aliphatic heterocycles. The van der Waals surface area contributed by atoms with Crippen molar-refractivity contribution in [3.8, 4) is 0 Å². The molecule has 0 bridgehead atoms. The van der Waals surface area contributed by atoms with Gasteiger partial charge in [0, 0.05) is 6.42 Å². The van der Waals surface area contributed by atoms with Crippen molar-refractivity contribution in [1.82, 2.24) is 5.32 Å². The minimum absolute atomic E-state index is 0. The van der Waals surface area contributed by atoms with E-state index in [2.05, 4.69) is 12.2 Å². The summed E-state index contributed by atoms with van der Waals surface area (Å²) in [4.78, 5) is 23.4. The van der Waals surface area contributed by atoms with Crippen LogP contribution in [-0.4, -0.2) is 48.9 Å². The number of halogens is 1. The Bertz CT molecular complexity index is 382. The fraction of sp³-hybridized carbons (Fsp3) is 0.905. The van der Waals surface area contributed by atoms with Crippen LogP contribution in [0.5, 0.6) is 0 Å². The molecule has 168 valence electrons. The summed E-state index contributed by atoms with van der Waals surface area (Å²) >= 11 is 0. The van der Waals surface area contributed by atoms with E-state index in [4.69, 9.17) is 9.47 Å². The maximum atomic E-state index is 12.1. The maximum Gasteiger partial charge on any atom is 0.323 e. The lowest BCUT2D eigenvalue weighted by Crippen LogP contribution is -2.39. The normalized spacial score (nSPS) is 12.7. The van der Waals surface area contributed by atoms with Crippen molar-refractivity contribution in [2.24, 2.45) is 0 Å². The number of carbonyl (C=O) groups is 2. The number of hydrogen-bond acceptors (Lipinski definition) is 6. The third kappa shape index (κ3) is 17.3. The van der Waals surface area contributed by atoms with E-state index in [-0.39, 0.29) is 36.5 Å². The molecule has 0 spiro atoms. The molecule has 0 rings (SSSR count). The van der Waals surface area contributed by atoms with Crippen LogP contribution in [-0.2, 0) is 19.1 Å². The predicted octanol–water partition coefficient (Wildman–Crippen LogP) is 4.16. The van der Waals surface area contributed by atoms with Crippen LogP contribution in [0.4, 0.5) is 0 Å². The Morgan fingerprint density at radius 1 is 0.857 bits per heavy atom. The smallest absolute Gasteiger partial charge is 0.323 e. The van der Waals surface area contributed by atoms with E-state index in [1.54, 1.807) is 0 Å². The lowest BCUT2D eigenvalue weighted by molar-refractivity contribution is -0.146. The van der Waals surface area contributed by atoms with Gasteiger partial charge in [0.05, 0.1) is 19.3 Å². The van der Waals surface area contributed by atoms with Crippen LogP contribution < -0.4 is 5.32 Å². The van der Waals surface area contributed by atoms with Crippen LogP contribution in [0.3, 0.4) is 0 Å². The molecular formula is C21H42ClNO5. The van der Waals surface area contributed by atoms with E-state index in [1.165, 1.54) is 0 Å². The molecule has 2 unspecified atom stereocenters. The van der Waals surface area contributed by atoms with Gasteiger partial charge in [0.15, 0.2) is 0 Å². The number of rotatable bonds is 18. The van der Waals surface area contributed by atoms with Gasteiger partial charge in [-0.2, -0.15) is 0 Å². The molecule has 7 heteroatoms. The number of hydrogen-bond donors (Lipinski definition) is 2. The number of aliphatic hydroxyl groups excluding tert-OH is 1. The van der Waals surface area contributed by atoms with Crippen LogP contribution in [0.2, 0.25) is 0 Å². The molecule has 6 nitrogen and oxygen atoms in total. The number of nitrogens with one attached hydrogen (secondary N) is 1. The van der Waals surface area contributed by atoms with Gasteiger partial charge in [-0.3, -0.25) is 9.59 Å². The molecule has 0 fully saturated rings. The minimum Gasteiger partial charge on any atom is -0.466 e. The molecule has 0 saturated heterocycles. The van der Waals surface area contributed by atoms with Gasteiger partial charge in [-0.25, -0.2) is 0 Å². The monoisotopic (exact) mass is 423 g/mol. The van der Waals surface area contributed by atoms with Crippen molar-refractivity contribution in [3.63, 3.8) is 0 Å². The average Bonchev–Trinajstić information content (AvgIpc) is 2.63. The van der Waals surface area contributed by atoms with E-state index in [1.807, 2.05) is 13.8 Å². The zero-order valence-corrected chi connectivity index (χ0v) is 18.9. The highest BCUT2D eigenvalue weighted by Crippen LogP contribution is 2.10. The Hall–Kier alpha value is -0.850. The highest BCUT2D eigenvalue weighted by atomic mass is 35.5. The Morgan fingerprint density at radius 3 is 2.14 bits per heavy atom. The molecule has 0 aromatic rings. The van der Waals surface area contributed by atoms with E-state index in [0.717, 1.165) is 51.4 Å². The molecule has 0 aliphatic rings. The molecule has 0 aliphatic carbocycles. The number of ether oxygens (including phenoxy) is 2. The lowest BCUT2D eigenvalue weighted by atomic mass is 10.1. The zero-order chi connectivity index (χ0) is 20.3. The molecule has 0 aromatic carbocycles. The van der Waals surface area contributed by atoms with Crippen LogP contribution in [0, 0.1) is 0 Å². The van der Waals surface area contributed by atoms with Crippen molar-refractivity contribution in [3.05, 3.63) is 0 Å². The van der Waals surface area contributed by atoms with Crippen LogP contribution in [0.15, 0.2) is 0 Å². The standard InChI is InChI=1S/C21H41NO5.ClH/c1-4-7-10-13-18(23)16-17-22-19(21(25)27-6-3)14-11-8-9-12-15-20(24)26-5-2;/h18-19,22-23H,4-17H2,1-3H3;1H. The summed E-state index contributed by atoms with van der Waals surface area (Å²) in [5.41, 5.74) is 0. The van der Waals surface area contributed by atoms with Crippen molar-refractivity contribution in [2.45, 2.75) is 104 Å². The fourth-order valence-corrected chi connectivity index (χ4v) is 2.95.